The smallest absolute Gasteiger partial charge is 0.389 e. The lowest BCUT2D eigenvalue weighted by Crippen LogP contribution is -2.09. The molecule has 15 heavy (non-hydrogen) atoms. The zero-order valence-corrected chi connectivity index (χ0v) is 8.90. The van der Waals surface area contributed by atoms with Crippen LogP contribution in [0.4, 0.5) is 0 Å². The molecule has 0 aliphatic carbocycles. The monoisotopic (exact) mass is 205 g/mol. The van der Waals surface area contributed by atoms with Gasteiger partial charge < -0.3 is 9.47 Å². The van der Waals surface area contributed by atoms with Crippen LogP contribution in [-0.2, 0) is 11.2 Å². The topological polar surface area (TPSA) is 30.8 Å². The van der Waals surface area contributed by atoms with Gasteiger partial charge in [0.2, 0.25) is 0 Å². The third kappa shape index (κ3) is 2.49. The Balaban J connectivity index is 2.12. The Kier molecular flexibility index (Phi) is 3.22. The van der Waals surface area contributed by atoms with Crippen LogP contribution in [0.15, 0.2) is 29.3 Å². The van der Waals surface area contributed by atoms with Crippen molar-refractivity contribution in [2.75, 3.05) is 13.2 Å². The summed E-state index contributed by atoms with van der Waals surface area (Å²) in [5, 5.41) is 0. The maximum Gasteiger partial charge on any atom is 0.389 e. The van der Waals surface area contributed by atoms with Crippen molar-refractivity contribution >= 4 is 6.08 Å². The Morgan fingerprint density at radius 2 is 2.27 bits per heavy atom. The molecule has 0 fully saturated rings. The van der Waals surface area contributed by atoms with Crippen molar-refractivity contribution in [1.82, 2.24) is 0 Å². The van der Waals surface area contributed by atoms with Gasteiger partial charge in [-0.2, -0.15) is 0 Å². The van der Waals surface area contributed by atoms with E-state index in [1.54, 1.807) is 0 Å². The molecule has 0 aromatic heterocycles. The molecule has 1 aliphatic heterocycles. The number of benzene rings is 1. The summed E-state index contributed by atoms with van der Waals surface area (Å²) in [6.45, 7) is 3.48. The van der Waals surface area contributed by atoms with Crippen LogP contribution in [0.3, 0.4) is 0 Å². The number of aryl methyl sites for hydroxylation is 1. The summed E-state index contributed by atoms with van der Waals surface area (Å²) in [6, 6.07) is 8.02. The minimum Gasteiger partial charge on any atom is -0.448 e. The first-order valence-electron chi connectivity index (χ1n) is 5.33. The number of hydrogen-bond acceptors (Lipinski definition) is 3. The predicted molar refractivity (Wildman–Crippen MR) is 59.3 cm³/mol. The maximum atomic E-state index is 5.59. The molecule has 0 saturated carbocycles. The highest BCUT2D eigenvalue weighted by Gasteiger charge is 2.11. The summed E-state index contributed by atoms with van der Waals surface area (Å²) in [7, 11) is 0. The Morgan fingerprint density at radius 1 is 1.40 bits per heavy atom. The normalized spacial score (nSPS) is 14.6. The lowest BCUT2D eigenvalue weighted by atomic mass is 10.1. The summed E-state index contributed by atoms with van der Waals surface area (Å²) < 4.78 is 10.8. The van der Waals surface area contributed by atoms with Crippen LogP contribution in [0.1, 0.15) is 18.9 Å². The number of para-hydroxylation sites is 1. The van der Waals surface area contributed by atoms with E-state index in [1.165, 1.54) is 5.56 Å². The molecule has 3 heteroatoms. The summed E-state index contributed by atoms with van der Waals surface area (Å²) in [6.07, 6.45) is 2.52. The van der Waals surface area contributed by atoms with Crippen LogP contribution in [0.25, 0.3) is 0 Å². The van der Waals surface area contributed by atoms with Gasteiger partial charge in [-0.05, 0) is 18.1 Å². The number of nitrogens with zero attached hydrogens (tertiary/aromatic N) is 1. The molecule has 1 aromatic rings. The summed E-state index contributed by atoms with van der Waals surface area (Å²) in [5.41, 5.74) is 1.21. The maximum absolute atomic E-state index is 5.59. The van der Waals surface area contributed by atoms with Gasteiger partial charge in [0.25, 0.3) is 0 Å². The van der Waals surface area contributed by atoms with Crippen LogP contribution >= 0.6 is 0 Å². The van der Waals surface area contributed by atoms with Gasteiger partial charge in [0.1, 0.15) is 12.4 Å². The summed E-state index contributed by atoms with van der Waals surface area (Å²) >= 11 is 0. The predicted octanol–water partition coefficient (Wildman–Crippen LogP) is 2.40. The first kappa shape index (κ1) is 10.0. The fourth-order valence-corrected chi connectivity index (χ4v) is 1.55. The molecular formula is C12H15NO2. The second-order valence-electron chi connectivity index (χ2n) is 3.46. The summed E-state index contributed by atoms with van der Waals surface area (Å²) in [5.74, 6) is 0.861. The number of rotatable bonds is 3. The fourth-order valence-electron chi connectivity index (χ4n) is 1.55. The molecule has 0 atom stereocenters. The van der Waals surface area contributed by atoms with Gasteiger partial charge in [-0.1, -0.05) is 31.5 Å². The van der Waals surface area contributed by atoms with Crippen LogP contribution in [0.5, 0.6) is 5.75 Å². The van der Waals surface area contributed by atoms with E-state index < -0.39 is 0 Å². The highest BCUT2D eigenvalue weighted by Crippen LogP contribution is 2.20. The third-order valence-corrected chi connectivity index (χ3v) is 2.25. The molecule has 0 saturated heterocycles. The van der Waals surface area contributed by atoms with Crippen molar-refractivity contribution in [2.45, 2.75) is 19.8 Å². The van der Waals surface area contributed by atoms with Crippen molar-refractivity contribution < 1.29 is 9.47 Å². The second kappa shape index (κ2) is 4.82. The van der Waals surface area contributed by atoms with Crippen molar-refractivity contribution in [3.8, 4) is 5.75 Å². The number of hydrogen-bond donors (Lipinski definition) is 0. The first-order valence-corrected chi connectivity index (χ1v) is 5.33. The van der Waals surface area contributed by atoms with Gasteiger partial charge in [-0.3, -0.25) is 0 Å². The second-order valence-corrected chi connectivity index (χ2v) is 3.46. The molecule has 1 aromatic carbocycles. The van der Waals surface area contributed by atoms with Crippen molar-refractivity contribution in [1.29, 1.82) is 0 Å². The van der Waals surface area contributed by atoms with E-state index in [9.17, 15) is 0 Å². The van der Waals surface area contributed by atoms with Crippen LogP contribution in [-0.4, -0.2) is 19.2 Å². The molecular weight excluding hydrogens is 190 g/mol. The molecule has 1 heterocycles. The fraction of sp³-hybridized carbons (Fsp3) is 0.417. The highest BCUT2D eigenvalue weighted by molar-refractivity contribution is 5.71. The average molecular weight is 205 g/mol. The minimum absolute atomic E-state index is 0.401. The summed E-state index contributed by atoms with van der Waals surface area (Å²) in [4.78, 5) is 4.10. The lowest BCUT2D eigenvalue weighted by molar-refractivity contribution is 0.273. The number of ether oxygens (including phenoxy) is 2. The van der Waals surface area contributed by atoms with Gasteiger partial charge in [-0.15, -0.1) is 0 Å². The SMILES string of the molecule is CCCc1ccccc1OC1=NCCO1. The van der Waals surface area contributed by atoms with E-state index >= 15 is 0 Å². The lowest BCUT2D eigenvalue weighted by Gasteiger charge is -2.09. The highest BCUT2D eigenvalue weighted by atomic mass is 16.7. The zero-order chi connectivity index (χ0) is 10.5. The molecule has 0 unspecified atom stereocenters. The molecule has 0 bridgehead atoms. The molecule has 80 valence electrons. The van der Waals surface area contributed by atoms with Crippen LogP contribution in [0.2, 0.25) is 0 Å². The molecule has 0 radical (unpaired) electrons. The van der Waals surface area contributed by atoms with Gasteiger partial charge >= 0.3 is 6.08 Å². The molecule has 2 rings (SSSR count). The Labute approximate surface area is 89.7 Å². The van der Waals surface area contributed by atoms with Crippen LogP contribution in [0, 0.1) is 0 Å². The van der Waals surface area contributed by atoms with E-state index in [0.29, 0.717) is 19.2 Å². The first-order chi connectivity index (χ1) is 7.40. The molecule has 3 nitrogen and oxygen atoms in total. The average Bonchev–Trinajstić information content (AvgIpc) is 2.74. The van der Waals surface area contributed by atoms with Gasteiger partial charge in [0.15, 0.2) is 0 Å². The zero-order valence-electron chi connectivity index (χ0n) is 8.90. The Morgan fingerprint density at radius 3 is 3.00 bits per heavy atom. The standard InChI is InChI=1S/C12H15NO2/c1-2-5-10-6-3-4-7-11(10)15-12-13-8-9-14-12/h3-4,6-7H,2,5,8-9H2,1H3. The largest absolute Gasteiger partial charge is 0.448 e. The van der Waals surface area contributed by atoms with E-state index in [2.05, 4.69) is 18.0 Å². The molecule has 1 aliphatic rings. The van der Waals surface area contributed by atoms with Gasteiger partial charge in [0, 0.05) is 0 Å². The minimum atomic E-state index is 0.401. The van der Waals surface area contributed by atoms with E-state index in [1.807, 2.05) is 18.2 Å². The quantitative estimate of drug-likeness (QED) is 0.758. The van der Waals surface area contributed by atoms with Gasteiger partial charge in [0.05, 0.1) is 6.54 Å². The molecule has 0 amide bonds. The van der Waals surface area contributed by atoms with Gasteiger partial charge in [-0.25, -0.2) is 4.99 Å². The number of aliphatic imine (C=N–C) groups is 1. The van der Waals surface area contributed by atoms with E-state index in [4.69, 9.17) is 9.47 Å². The van der Waals surface area contributed by atoms with E-state index in [-0.39, 0.29) is 0 Å². The Bertz CT molecular complexity index is 360. The van der Waals surface area contributed by atoms with Crippen LogP contribution < -0.4 is 4.74 Å². The van der Waals surface area contributed by atoms with Crippen molar-refractivity contribution in [2.24, 2.45) is 4.99 Å². The van der Waals surface area contributed by atoms with Crippen molar-refractivity contribution in [3.05, 3.63) is 29.8 Å². The van der Waals surface area contributed by atoms with Crippen molar-refractivity contribution in [3.63, 3.8) is 0 Å². The van der Waals surface area contributed by atoms with E-state index in [0.717, 1.165) is 18.6 Å². The molecule has 0 spiro atoms. The Hall–Kier alpha value is -1.51. The molecule has 0 N–H and O–H groups in total. The third-order valence-electron chi connectivity index (χ3n) is 2.25.